The third-order valence-corrected chi connectivity index (χ3v) is 20.3. The molecule has 8 aliphatic rings. The Kier molecular flexibility index (Phi) is 15.7. The third-order valence-electron chi connectivity index (χ3n) is 19.4. The van der Waals surface area contributed by atoms with Gasteiger partial charge in [-0.15, -0.1) is 11.3 Å². The van der Waals surface area contributed by atoms with Crippen molar-refractivity contribution >= 4 is 45.9 Å². The zero-order valence-corrected chi connectivity index (χ0v) is 49.4. The van der Waals surface area contributed by atoms with Gasteiger partial charge in [-0.05, 0) is 132 Å². The predicted molar refractivity (Wildman–Crippen MR) is 304 cm³/mol. The van der Waals surface area contributed by atoms with E-state index in [0.29, 0.717) is 120 Å². The lowest BCUT2D eigenvalue weighted by Gasteiger charge is -2.42. The maximum Gasteiger partial charge on any atom is 0.406 e. The van der Waals surface area contributed by atoms with Gasteiger partial charge in [0.05, 0.1) is 54.1 Å². The van der Waals surface area contributed by atoms with Crippen LogP contribution in [0.25, 0.3) is 33.4 Å². The molecule has 21 heteroatoms. The maximum absolute atomic E-state index is 15.2. The molecule has 1 aromatic carbocycles. The fourth-order valence-corrected chi connectivity index (χ4v) is 15.7. The van der Waals surface area contributed by atoms with Crippen molar-refractivity contribution < 1.29 is 46.6 Å². The van der Waals surface area contributed by atoms with Crippen LogP contribution in [0.15, 0.2) is 35.8 Å². The van der Waals surface area contributed by atoms with Gasteiger partial charge in [-0.25, -0.2) is 10.4 Å². The number of halogens is 3. The molecule has 1 saturated carbocycles. The first-order chi connectivity index (χ1) is 39.2. The molecule has 3 aromatic heterocycles. The summed E-state index contributed by atoms with van der Waals surface area (Å²) in [5.74, 6) is -0.358. The second-order valence-electron chi connectivity index (χ2n) is 26.3. The lowest BCUT2D eigenvalue weighted by molar-refractivity contribution is -0.155. The summed E-state index contributed by atoms with van der Waals surface area (Å²) < 4.78 is 65.0. The molecular formula is C61H81F3N10O7S. The van der Waals surface area contributed by atoms with Gasteiger partial charge in [0.15, 0.2) is 0 Å². The number of morpholine rings is 1. The van der Waals surface area contributed by atoms with Gasteiger partial charge in [-0.2, -0.15) is 13.2 Å². The molecule has 3 amide bonds. The highest BCUT2D eigenvalue weighted by Gasteiger charge is 2.59. The summed E-state index contributed by atoms with van der Waals surface area (Å²) in [5.41, 5.74) is 6.96. The van der Waals surface area contributed by atoms with Crippen LogP contribution < -0.4 is 10.7 Å². The number of aromatic nitrogens is 3. The van der Waals surface area contributed by atoms with Crippen molar-refractivity contribution in [1.29, 1.82) is 0 Å². The van der Waals surface area contributed by atoms with Crippen LogP contribution in [0.5, 0.6) is 0 Å². The van der Waals surface area contributed by atoms with Crippen LogP contribution in [0.2, 0.25) is 0 Å². The Hall–Kier alpha value is -5.03. The molecule has 6 bridgehead atoms. The smallest absolute Gasteiger partial charge is 0.406 e. The van der Waals surface area contributed by atoms with Crippen molar-refractivity contribution in [2.24, 2.45) is 22.7 Å². The number of carbonyl (C=O) groups is 4. The van der Waals surface area contributed by atoms with Crippen LogP contribution in [0.3, 0.4) is 0 Å². The molecule has 1 unspecified atom stereocenters. The topological polar surface area (TPSA) is 167 Å². The number of likely N-dealkylation sites (N-methyl/N-ethyl adjacent to an activating group) is 1. The van der Waals surface area contributed by atoms with E-state index in [4.69, 9.17) is 24.2 Å². The lowest BCUT2D eigenvalue weighted by Crippen LogP contribution is -2.62. The van der Waals surface area contributed by atoms with Gasteiger partial charge in [-0.3, -0.25) is 43.9 Å². The number of likely N-dealkylation sites (tertiary alicyclic amines) is 2. The Morgan fingerprint density at radius 1 is 1.01 bits per heavy atom. The summed E-state index contributed by atoms with van der Waals surface area (Å²) >= 11 is 1.35. The zero-order chi connectivity index (χ0) is 57.6. The highest BCUT2D eigenvalue weighted by atomic mass is 32.1. The van der Waals surface area contributed by atoms with Gasteiger partial charge in [-0.1, -0.05) is 33.8 Å². The number of piperidine rings is 1. The van der Waals surface area contributed by atoms with Crippen molar-refractivity contribution in [2.45, 2.75) is 160 Å². The quantitative estimate of drug-likeness (QED) is 0.113. The number of hydrogen-bond donors (Lipinski definition) is 2. The van der Waals surface area contributed by atoms with E-state index in [1.54, 1.807) is 19.2 Å². The second-order valence-corrected chi connectivity index (χ2v) is 27.3. The summed E-state index contributed by atoms with van der Waals surface area (Å²) in [6.45, 7) is 14.6. The van der Waals surface area contributed by atoms with E-state index in [9.17, 15) is 19.2 Å². The Labute approximate surface area is 482 Å². The Balaban J connectivity index is 0.882. The van der Waals surface area contributed by atoms with E-state index in [0.717, 1.165) is 44.3 Å². The number of carbonyl (C=O) groups excluding carboxylic acids is 4. The third kappa shape index (κ3) is 11.5. The van der Waals surface area contributed by atoms with E-state index in [1.807, 2.05) is 58.3 Å². The first kappa shape index (κ1) is 57.4. The van der Waals surface area contributed by atoms with Gasteiger partial charge >= 0.3 is 12.1 Å². The number of methoxy groups -OCH3 is 1. The molecule has 7 fully saturated rings. The monoisotopic (exact) mass is 1150 g/mol. The van der Waals surface area contributed by atoms with Crippen LogP contribution in [0.4, 0.5) is 13.2 Å². The Morgan fingerprint density at radius 2 is 1.82 bits per heavy atom. The lowest BCUT2D eigenvalue weighted by atomic mass is 9.82. The standard InChI is InChI=1S/C61H81F3N10O7S/c1-35(2)51(71-19-15-60(31-71)16-20-72(32-60)57(77)54-52(69(54)6)37-10-11-37)55(75)67-46-26-49-66-47(30-82-49)39-12-13-48-42(24-39)44(27-59(4,5)34-81-58(78)45-9-8-17-74(68-45)56(46)76)53(73(48)33-61(62,63)64)43-25-40(28-65-50(43)36(3)79-7)38-14-18-70-21-22-80-29-41(70)23-38/h12-13,24-25,28,30,35-38,41,45-46,51-52,54,68H,8-11,14-23,26-27,29,31-34H2,1-7H3,(H,67,75)/t36-,38+,41-,45-,46-,51-,52+,54+,60-,69?/m0/s1. The molecule has 4 aromatic rings. The SMILES string of the molecule is CO[C@@H](C)c1ncc([C@@H]2CCN3CCOC[C@@H]3C2)cc1-c1c2c3cc(ccc3n1CC(F)(F)F)-c1csc(n1)C[C@H](NC(=O)[C@H](C(C)C)N1CC[C@]3(CCN(C(=O)[C@H]4[C@@H](C5CC5)N4C)C3)C1)C(=O)N1CCC[C@H](N1)C(=O)OCC(C)(C)C2. The number of cyclic esters (lactones) is 1. The maximum atomic E-state index is 15.2. The first-order valence-electron chi connectivity index (χ1n) is 30.0. The van der Waals surface area contributed by atoms with Crippen molar-refractivity contribution in [3.63, 3.8) is 0 Å². The molecule has 0 radical (unpaired) electrons. The van der Waals surface area contributed by atoms with Gasteiger partial charge in [0.1, 0.15) is 24.7 Å². The average Bonchev–Trinajstić information content (AvgIpc) is 4.13. The molecule has 2 N–H and O–H groups in total. The summed E-state index contributed by atoms with van der Waals surface area (Å²) in [6.07, 6.45) is 3.74. The van der Waals surface area contributed by atoms with Crippen molar-refractivity contribution in [1.82, 2.24) is 49.9 Å². The number of thiazole rings is 1. The highest BCUT2D eigenvalue weighted by molar-refractivity contribution is 7.10. The van der Waals surface area contributed by atoms with E-state index in [-0.39, 0.29) is 60.6 Å². The molecule has 82 heavy (non-hydrogen) atoms. The van der Waals surface area contributed by atoms with E-state index >= 15 is 13.2 Å². The molecule has 10 heterocycles. The van der Waals surface area contributed by atoms with Gasteiger partial charge < -0.3 is 29.0 Å². The zero-order valence-electron chi connectivity index (χ0n) is 48.6. The molecule has 7 aliphatic heterocycles. The van der Waals surface area contributed by atoms with E-state index in [1.165, 1.54) is 33.8 Å². The van der Waals surface area contributed by atoms with E-state index < -0.39 is 54.2 Å². The Bertz CT molecular complexity index is 3090. The molecule has 10 atom stereocenters. The fraction of sp³-hybridized carbons (Fsp3) is 0.672. The first-order valence-corrected chi connectivity index (χ1v) is 30.9. The molecule has 6 saturated heterocycles. The van der Waals surface area contributed by atoms with Gasteiger partial charge in [0.25, 0.3) is 5.91 Å². The number of ether oxygens (including phenoxy) is 3. The van der Waals surface area contributed by atoms with Crippen LogP contribution >= 0.6 is 11.3 Å². The van der Waals surface area contributed by atoms with E-state index in [2.05, 4.69) is 37.4 Å². The fourth-order valence-electron chi connectivity index (χ4n) is 14.8. The predicted octanol–water partition coefficient (Wildman–Crippen LogP) is 7.36. The minimum absolute atomic E-state index is 0.0208. The normalized spacial score (nSPS) is 29.9. The van der Waals surface area contributed by atoms with Gasteiger partial charge in [0, 0.05) is 103 Å². The average molecular weight is 1160 g/mol. The largest absolute Gasteiger partial charge is 0.464 e. The minimum atomic E-state index is -4.61. The number of pyridine rings is 1. The number of amides is 3. The summed E-state index contributed by atoms with van der Waals surface area (Å²) in [5, 5.41) is 7.71. The van der Waals surface area contributed by atoms with Crippen LogP contribution in [0, 0.1) is 22.7 Å². The van der Waals surface area contributed by atoms with Crippen molar-refractivity contribution in [2.75, 3.05) is 79.8 Å². The molecular weight excluding hydrogens is 1070 g/mol. The number of fused-ring (bicyclic) bond motifs is 7. The van der Waals surface area contributed by atoms with Crippen LogP contribution in [-0.4, -0.2) is 185 Å². The number of hydrogen-bond acceptors (Lipinski definition) is 14. The second kappa shape index (κ2) is 22.4. The van der Waals surface area contributed by atoms with Crippen molar-refractivity contribution in [3.8, 4) is 22.5 Å². The van der Waals surface area contributed by atoms with Gasteiger partial charge in [0.2, 0.25) is 11.8 Å². The van der Waals surface area contributed by atoms with Crippen LogP contribution in [-0.2, 0) is 52.8 Å². The highest BCUT2D eigenvalue weighted by Crippen LogP contribution is 2.49. The molecule has 1 aliphatic carbocycles. The number of hydrazine groups is 1. The summed E-state index contributed by atoms with van der Waals surface area (Å²) in [6, 6.07) is 5.58. The number of rotatable bonds is 11. The molecule has 444 valence electrons. The molecule has 12 rings (SSSR count). The summed E-state index contributed by atoms with van der Waals surface area (Å²) in [4.78, 5) is 77.0. The van der Waals surface area contributed by atoms with Crippen LogP contribution in [0.1, 0.15) is 120 Å². The number of benzene rings is 1. The number of nitrogens with zero attached hydrogens (tertiary/aromatic N) is 8. The molecule has 1 spiro atoms. The minimum Gasteiger partial charge on any atom is -0.464 e. The summed E-state index contributed by atoms with van der Waals surface area (Å²) in [7, 11) is 3.63. The Morgan fingerprint density at radius 3 is 2.59 bits per heavy atom. The number of nitrogens with one attached hydrogen (secondary N) is 2. The van der Waals surface area contributed by atoms with Crippen molar-refractivity contribution in [3.05, 3.63) is 57.7 Å². The molecule has 17 nitrogen and oxygen atoms in total. The number of esters is 1. The number of alkyl halides is 3.